The Morgan fingerprint density at radius 3 is 2.04 bits per heavy atom. The number of aliphatic carboxylic acids is 1. The summed E-state index contributed by atoms with van der Waals surface area (Å²) in [6.45, 7) is 2.91. The van der Waals surface area contributed by atoms with E-state index in [-0.39, 0.29) is 29.7 Å². The van der Waals surface area contributed by atoms with E-state index in [1.807, 2.05) is 0 Å². The predicted molar refractivity (Wildman–Crippen MR) is 92.5 cm³/mol. The first-order valence-corrected chi connectivity index (χ1v) is 8.98. The van der Waals surface area contributed by atoms with Gasteiger partial charge in [0.25, 0.3) is 0 Å². The minimum Gasteiger partial charge on any atom is -0.480 e. The van der Waals surface area contributed by atoms with Gasteiger partial charge in [0.2, 0.25) is 0 Å². The highest BCUT2D eigenvalue weighted by atomic mass is 32.2. The number of nitrogens with two attached hydrogens (primary N) is 1. The van der Waals surface area contributed by atoms with Gasteiger partial charge in [0.1, 0.15) is 6.04 Å². The molecule has 0 bridgehead atoms. The minimum absolute atomic E-state index is 0.105. The second kappa shape index (κ2) is 9.50. The van der Waals surface area contributed by atoms with Gasteiger partial charge in [-0.1, -0.05) is 30.8 Å². The van der Waals surface area contributed by atoms with Crippen molar-refractivity contribution in [1.29, 1.82) is 0 Å². The zero-order valence-electron chi connectivity index (χ0n) is 14.1. The van der Waals surface area contributed by atoms with Crippen molar-refractivity contribution in [3.8, 4) is 0 Å². The lowest BCUT2D eigenvalue weighted by Gasteiger charge is -2.21. The number of hydrogen-bond donors (Lipinski definition) is 2. The van der Waals surface area contributed by atoms with Crippen LogP contribution in [0.15, 0.2) is 30.8 Å². The van der Waals surface area contributed by atoms with Gasteiger partial charge in [-0.15, -0.1) is 0 Å². The molecule has 0 saturated carbocycles. The molecule has 152 valence electrons. The highest BCUT2D eigenvalue weighted by Gasteiger charge is 2.40. The number of alkyl halides is 6. The molecule has 2 atom stereocenters. The van der Waals surface area contributed by atoms with Gasteiger partial charge >= 0.3 is 18.3 Å². The molecule has 27 heavy (non-hydrogen) atoms. The van der Waals surface area contributed by atoms with E-state index in [0.29, 0.717) is 5.75 Å². The molecule has 1 rings (SSSR count). The highest BCUT2D eigenvalue weighted by Crippen LogP contribution is 2.39. The van der Waals surface area contributed by atoms with Crippen LogP contribution in [0.3, 0.4) is 0 Å². The van der Waals surface area contributed by atoms with Gasteiger partial charge < -0.3 is 10.8 Å². The fraction of sp³-hybridized carbons (Fsp3) is 0.471. The highest BCUT2D eigenvalue weighted by molar-refractivity contribution is 7.99. The third-order valence-electron chi connectivity index (χ3n) is 3.84. The van der Waals surface area contributed by atoms with Crippen LogP contribution in [0.25, 0.3) is 5.57 Å². The third kappa shape index (κ3) is 7.45. The molecule has 3 N–H and O–H groups in total. The Morgan fingerprint density at radius 2 is 1.59 bits per heavy atom. The molecule has 1 aromatic rings. The van der Waals surface area contributed by atoms with E-state index in [1.54, 1.807) is 0 Å². The lowest BCUT2D eigenvalue weighted by molar-refractivity contribution is -0.150. The Hall–Kier alpha value is -1.68. The molecule has 0 aromatic heterocycles. The zero-order valence-corrected chi connectivity index (χ0v) is 14.9. The van der Waals surface area contributed by atoms with Gasteiger partial charge in [0.05, 0.1) is 11.5 Å². The van der Waals surface area contributed by atoms with Gasteiger partial charge in [0.15, 0.2) is 0 Å². The van der Waals surface area contributed by atoms with Crippen molar-refractivity contribution < 1.29 is 36.2 Å². The van der Waals surface area contributed by atoms with E-state index < -0.39 is 35.9 Å². The number of rotatable bonds is 9. The first-order chi connectivity index (χ1) is 12.3. The number of halogens is 6. The normalized spacial score (nSPS) is 14.6. The van der Waals surface area contributed by atoms with E-state index in [4.69, 9.17) is 10.8 Å². The third-order valence-corrected chi connectivity index (χ3v) is 4.89. The van der Waals surface area contributed by atoms with Crippen LogP contribution < -0.4 is 5.73 Å². The predicted octanol–water partition coefficient (Wildman–Crippen LogP) is 4.83. The lowest BCUT2D eigenvalue weighted by Crippen LogP contribution is -2.30. The lowest BCUT2D eigenvalue weighted by atomic mass is 9.94. The smallest absolute Gasteiger partial charge is 0.416 e. The fourth-order valence-corrected chi connectivity index (χ4v) is 3.26. The molecule has 0 aliphatic rings. The Balaban J connectivity index is 2.72. The molecule has 0 amide bonds. The number of hydrogen-bond acceptors (Lipinski definition) is 3. The SMILES string of the molecule is C=C(c1ccc(C(CCSCCC(N)C(=O)O)C(F)(F)F)cc1)C(F)(F)F. The second-order valence-corrected chi connectivity index (χ2v) is 7.05. The Bertz CT molecular complexity index is 642. The van der Waals surface area contributed by atoms with Crippen molar-refractivity contribution in [2.24, 2.45) is 5.73 Å². The molecular formula is C17H19F6NO2S. The van der Waals surface area contributed by atoms with Crippen LogP contribution in [0.2, 0.25) is 0 Å². The Kier molecular flexibility index (Phi) is 8.22. The Labute approximate surface area is 156 Å². The molecule has 0 aliphatic carbocycles. The zero-order chi connectivity index (χ0) is 20.8. The average molecular weight is 415 g/mol. The van der Waals surface area contributed by atoms with Crippen molar-refractivity contribution in [3.63, 3.8) is 0 Å². The number of allylic oxidation sites excluding steroid dienone is 1. The molecule has 0 saturated heterocycles. The first-order valence-electron chi connectivity index (χ1n) is 7.83. The molecule has 0 spiro atoms. The van der Waals surface area contributed by atoms with Gasteiger partial charge in [-0.3, -0.25) is 4.79 Å². The summed E-state index contributed by atoms with van der Waals surface area (Å²) in [6.07, 6.45) is -9.36. The standard InChI is InChI=1S/C17H19F6NO2S/c1-10(16(18,19)20)11-2-4-12(5-3-11)13(17(21,22)23)6-8-27-9-7-14(24)15(25)26/h2-5,13-14H,1,6-9,24H2,(H,25,26). The summed E-state index contributed by atoms with van der Waals surface area (Å²) in [7, 11) is 0. The first kappa shape index (κ1) is 23.4. The number of carboxylic acid groups (broad SMARTS) is 1. The number of thioether (sulfide) groups is 1. The van der Waals surface area contributed by atoms with Gasteiger partial charge in [-0.25, -0.2) is 0 Å². The average Bonchev–Trinajstić information content (AvgIpc) is 2.55. The largest absolute Gasteiger partial charge is 0.480 e. The van der Waals surface area contributed by atoms with Crippen LogP contribution in [0.1, 0.15) is 29.9 Å². The second-order valence-electron chi connectivity index (χ2n) is 5.83. The molecule has 0 radical (unpaired) electrons. The topological polar surface area (TPSA) is 63.3 Å². The van der Waals surface area contributed by atoms with Crippen molar-refractivity contribution in [2.45, 2.75) is 37.2 Å². The van der Waals surface area contributed by atoms with Crippen LogP contribution >= 0.6 is 11.8 Å². The number of carboxylic acids is 1. The van der Waals surface area contributed by atoms with Crippen LogP contribution in [-0.2, 0) is 4.79 Å². The number of carbonyl (C=O) groups is 1. The molecule has 0 fully saturated rings. The Morgan fingerprint density at radius 1 is 1.07 bits per heavy atom. The minimum atomic E-state index is -4.65. The summed E-state index contributed by atoms with van der Waals surface area (Å²) >= 11 is 1.14. The van der Waals surface area contributed by atoms with Crippen LogP contribution in [0, 0.1) is 0 Å². The van der Waals surface area contributed by atoms with E-state index >= 15 is 0 Å². The maximum atomic E-state index is 13.3. The van der Waals surface area contributed by atoms with E-state index in [0.717, 1.165) is 36.0 Å². The van der Waals surface area contributed by atoms with Gasteiger partial charge in [-0.05, 0) is 35.5 Å². The van der Waals surface area contributed by atoms with E-state index in [1.165, 1.54) is 0 Å². The van der Waals surface area contributed by atoms with Crippen LogP contribution in [0.4, 0.5) is 26.3 Å². The summed E-state index contributed by atoms with van der Waals surface area (Å²) in [5.41, 5.74) is 3.76. The van der Waals surface area contributed by atoms with E-state index in [2.05, 4.69) is 6.58 Å². The molecule has 0 heterocycles. The fourth-order valence-electron chi connectivity index (χ4n) is 2.24. The molecule has 1 aromatic carbocycles. The van der Waals surface area contributed by atoms with Crippen molar-refractivity contribution in [2.75, 3.05) is 11.5 Å². The van der Waals surface area contributed by atoms with Gasteiger partial charge in [-0.2, -0.15) is 38.1 Å². The molecule has 2 unspecified atom stereocenters. The maximum absolute atomic E-state index is 13.3. The maximum Gasteiger partial charge on any atom is 0.416 e. The molecule has 10 heteroatoms. The van der Waals surface area contributed by atoms with Gasteiger partial charge in [0, 0.05) is 0 Å². The summed E-state index contributed by atoms with van der Waals surface area (Å²) in [6, 6.07) is 2.93. The summed E-state index contributed by atoms with van der Waals surface area (Å²) in [5.74, 6) is -2.61. The van der Waals surface area contributed by atoms with Crippen molar-refractivity contribution in [3.05, 3.63) is 42.0 Å². The molecular weight excluding hydrogens is 396 g/mol. The molecule has 3 nitrogen and oxygen atoms in total. The van der Waals surface area contributed by atoms with Crippen LogP contribution in [0.5, 0.6) is 0 Å². The quantitative estimate of drug-likeness (QED) is 0.448. The van der Waals surface area contributed by atoms with Crippen molar-refractivity contribution in [1.82, 2.24) is 0 Å². The van der Waals surface area contributed by atoms with E-state index in [9.17, 15) is 31.1 Å². The summed E-state index contributed by atoms with van der Waals surface area (Å²) < 4.78 is 77.7. The molecule has 0 aliphatic heterocycles. The number of benzene rings is 1. The van der Waals surface area contributed by atoms with Crippen LogP contribution in [-0.4, -0.2) is 41.0 Å². The monoisotopic (exact) mass is 415 g/mol. The summed E-state index contributed by atoms with van der Waals surface area (Å²) in [4.78, 5) is 10.6. The summed E-state index contributed by atoms with van der Waals surface area (Å²) in [5, 5.41) is 8.63. The van der Waals surface area contributed by atoms with Crippen molar-refractivity contribution >= 4 is 23.3 Å².